The fraction of sp³-hybridized carbons (Fsp3) is 0.500. The Morgan fingerprint density at radius 1 is 0.931 bits per heavy atom. The van der Waals surface area contributed by atoms with Crippen molar-refractivity contribution in [3.63, 3.8) is 0 Å². The van der Waals surface area contributed by atoms with E-state index in [9.17, 15) is 13.6 Å². The lowest BCUT2D eigenvalue weighted by Crippen LogP contribution is -2.00. The molecule has 0 saturated carbocycles. The van der Waals surface area contributed by atoms with Crippen molar-refractivity contribution in [2.24, 2.45) is 5.16 Å². The number of carbonyl (C=O) groups excluding carboxylic acids is 1. The summed E-state index contributed by atoms with van der Waals surface area (Å²) in [4.78, 5) is 16.3. The van der Waals surface area contributed by atoms with Crippen LogP contribution in [0.15, 0.2) is 47.7 Å². The van der Waals surface area contributed by atoms with Gasteiger partial charge < -0.3 is 4.84 Å². The molecule has 1 aromatic rings. The van der Waals surface area contributed by atoms with Crippen molar-refractivity contribution in [1.29, 1.82) is 0 Å². The van der Waals surface area contributed by atoms with Crippen molar-refractivity contribution in [2.75, 3.05) is 0 Å². The third-order valence-electron chi connectivity index (χ3n) is 4.38. The number of unbranched alkanes of at least 4 members (excludes halogenated alkanes) is 7. The second-order valence-electron chi connectivity index (χ2n) is 7.00. The summed E-state index contributed by atoms with van der Waals surface area (Å²) in [5, 5.41) is 3.52. The van der Waals surface area contributed by atoms with E-state index < -0.39 is 17.6 Å². The number of oxime groups is 1. The molecule has 0 radical (unpaired) electrons. The number of benzene rings is 1. The second kappa shape index (κ2) is 16.6. The van der Waals surface area contributed by atoms with Crippen LogP contribution >= 0.6 is 0 Å². The average Bonchev–Trinajstić information content (AvgIpc) is 2.71. The van der Waals surface area contributed by atoms with E-state index in [1.54, 1.807) is 0 Å². The Balaban J connectivity index is 1.99. The summed E-state index contributed by atoms with van der Waals surface area (Å²) in [6.45, 7) is 2.22. The topological polar surface area (TPSA) is 38.7 Å². The second-order valence-corrected chi connectivity index (χ2v) is 7.00. The maximum Gasteiger partial charge on any atom is 0.335 e. The summed E-state index contributed by atoms with van der Waals surface area (Å²) in [7, 11) is 0. The molecule has 0 atom stereocenters. The number of hydrogen-bond acceptors (Lipinski definition) is 3. The van der Waals surface area contributed by atoms with Crippen LogP contribution < -0.4 is 0 Å². The molecule has 160 valence electrons. The molecule has 5 heteroatoms. The van der Waals surface area contributed by atoms with E-state index in [0.717, 1.165) is 50.7 Å². The van der Waals surface area contributed by atoms with Gasteiger partial charge in [-0.25, -0.2) is 13.6 Å². The molecular weight excluding hydrogens is 372 g/mol. The molecular formula is C24H33F2NO2. The van der Waals surface area contributed by atoms with Gasteiger partial charge in [-0.3, -0.25) is 0 Å². The first kappa shape index (κ1) is 24.7. The Morgan fingerprint density at radius 2 is 1.62 bits per heavy atom. The third-order valence-corrected chi connectivity index (χ3v) is 4.38. The van der Waals surface area contributed by atoms with Gasteiger partial charge in [0.25, 0.3) is 0 Å². The fourth-order valence-corrected chi connectivity index (χ4v) is 2.69. The van der Waals surface area contributed by atoms with Gasteiger partial charge in [0.05, 0.1) is 6.21 Å². The average molecular weight is 406 g/mol. The Labute approximate surface area is 173 Å². The summed E-state index contributed by atoms with van der Waals surface area (Å²) in [6, 6.07) is 3.35. The number of carbonyl (C=O) groups is 1. The highest BCUT2D eigenvalue weighted by molar-refractivity contribution is 5.80. The van der Waals surface area contributed by atoms with Crippen molar-refractivity contribution in [3.05, 3.63) is 59.7 Å². The molecule has 29 heavy (non-hydrogen) atoms. The number of halogens is 2. The van der Waals surface area contributed by atoms with E-state index >= 15 is 0 Å². The van der Waals surface area contributed by atoms with Crippen LogP contribution in [-0.4, -0.2) is 12.2 Å². The first-order valence-electron chi connectivity index (χ1n) is 10.6. The summed E-state index contributed by atoms with van der Waals surface area (Å²) in [5.41, 5.74) is 0.330. The van der Waals surface area contributed by atoms with Gasteiger partial charge in [-0.15, -0.1) is 0 Å². The number of allylic oxidation sites excluding steroid dienone is 4. The van der Waals surface area contributed by atoms with Crippen molar-refractivity contribution in [2.45, 2.75) is 77.6 Å². The maximum absolute atomic E-state index is 13.0. The summed E-state index contributed by atoms with van der Waals surface area (Å²) >= 11 is 0. The van der Waals surface area contributed by atoms with Crippen LogP contribution in [-0.2, 0) is 9.63 Å². The minimum Gasteiger partial charge on any atom is -0.318 e. The van der Waals surface area contributed by atoms with Gasteiger partial charge in [0.15, 0.2) is 11.6 Å². The monoisotopic (exact) mass is 405 g/mol. The molecule has 1 aromatic carbocycles. The molecule has 0 aliphatic heterocycles. The zero-order valence-corrected chi connectivity index (χ0v) is 17.4. The largest absolute Gasteiger partial charge is 0.335 e. The lowest BCUT2D eigenvalue weighted by molar-refractivity contribution is -0.143. The van der Waals surface area contributed by atoms with E-state index in [4.69, 9.17) is 4.84 Å². The van der Waals surface area contributed by atoms with Gasteiger partial charge >= 0.3 is 5.97 Å². The lowest BCUT2D eigenvalue weighted by atomic mass is 10.1. The molecule has 1 rings (SSSR count). The number of nitrogens with zero attached hydrogens (tertiary/aromatic N) is 1. The van der Waals surface area contributed by atoms with Crippen molar-refractivity contribution in [1.82, 2.24) is 0 Å². The van der Waals surface area contributed by atoms with Crippen LogP contribution in [0.2, 0.25) is 0 Å². The molecule has 0 heterocycles. The van der Waals surface area contributed by atoms with Crippen LogP contribution in [0.25, 0.3) is 0 Å². The molecule has 0 bridgehead atoms. The molecule has 0 aliphatic carbocycles. The molecule has 3 nitrogen and oxygen atoms in total. The fourth-order valence-electron chi connectivity index (χ4n) is 2.69. The summed E-state index contributed by atoms with van der Waals surface area (Å²) in [6.07, 6.45) is 21.4. The zero-order valence-electron chi connectivity index (χ0n) is 17.4. The lowest BCUT2D eigenvalue weighted by Gasteiger charge is -1.99. The van der Waals surface area contributed by atoms with Gasteiger partial charge in [-0.2, -0.15) is 0 Å². The highest BCUT2D eigenvalue weighted by Crippen LogP contribution is 2.09. The Morgan fingerprint density at radius 3 is 2.31 bits per heavy atom. The SMILES string of the molecule is CCCCC/C=C/C/C=C/CCCCCCC(=O)O/N=C/c1ccc(F)c(F)c1. The van der Waals surface area contributed by atoms with E-state index in [1.165, 1.54) is 38.0 Å². The van der Waals surface area contributed by atoms with Crippen LogP contribution in [0, 0.1) is 11.6 Å². The van der Waals surface area contributed by atoms with Gasteiger partial charge in [-0.1, -0.05) is 68.1 Å². The van der Waals surface area contributed by atoms with Gasteiger partial charge in [0.2, 0.25) is 0 Å². The van der Waals surface area contributed by atoms with E-state index in [0.29, 0.717) is 12.0 Å². The minimum atomic E-state index is -0.964. The molecule has 0 fully saturated rings. The smallest absolute Gasteiger partial charge is 0.318 e. The van der Waals surface area contributed by atoms with E-state index in [-0.39, 0.29) is 0 Å². The first-order valence-corrected chi connectivity index (χ1v) is 10.6. The summed E-state index contributed by atoms with van der Waals surface area (Å²) in [5.74, 6) is -2.31. The van der Waals surface area contributed by atoms with E-state index in [1.807, 2.05) is 0 Å². The van der Waals surface area contributed by atoms with Gasteiger partial charge in [-0.05, 0) is 56.2 Å². The number of rotatable bonds is 15. The van der Waals surface area contributed by atoms with Gasteiger partial charge in [0, 0.05) is 6.42 Å². The van der Waals surface area contributed by atoms with E-state index in [2.05, 4.69) is 36.4 Å². The zero-order chi connectivity index (χ0) is 21.2. The van der Waals surface area contributed by atoms with Crippen molar-refractivity contribution < 1.29 is 18.4 Å². The van der Waals surface area contributed by atoms with Crippen LogP contribution in [0.1, 0.15) is 83.1 Å². The molecule has 0 spiro atoms. The minimum absolute atomic E-state index is 0.299. The van der Waals surface area contributed by atoms with Crippen molar-refractivity contribution in [3.8, 4) is 0 Å². The maximum atomic E-state index is 13.0. The first-order chi connectivity index (χ1) is 14.1. The van der Waals surface area contributed by atoms with Crippen LogP contribution in [0.4, 0.5) is 8.78 Å². The highest BCUT2D eigenvalue weighted by Gasteiger charge is 2.03. The predicted octanol–water partition coefficient (Wildman–Crippen LogP) is 7.27. The van der Waals surface area contributed by atoms with Crippen LogP contribution in [0.5, 0.6) is 0 Å². The normalized spacial score (nSPS) is 11.8. The molecule has 0 aliphatic rings. The van der Waals surface area contributed by atoms with Crippen molar-refractivity contribution >= 4 is 12.2 Å². The Bertz CT molecular complexity index is 669. The summed E-state index contributed by atoms with van der Waals surface area (Å²) < 4.78 is 25.8. The molecule has 0 N–H and O–H groups in total. The van der Waals surface area contributed by atoms with Gasteiger partial charge in [0.1, 0.15) is 0 Å². The molecule has 0 saturated heterocycles. The molecule has 0 unspecified atom stereocenters. The predicted molar refractivity (Wildman–Crippen MR) is 115 cm³/mol. The number of hydrogen-bond donors (Lipinski definition) is 0. The quantitative estimate of drug-likeness (QED) is 0.101. The standard InChI is InChI=1S/C24H33F2NO2/c1-2-3-4-5-6-7-8-9-10-11-12-13-14-15-16-24(28)29-27-20-21-17-18-22(25)23(26)19-21/h6-7,9-10,17-20H,2-5,8,11-16H2,1H3/b7-6+,10-9+,27-20+. The Hall–Kier alpha value is -2.30. The molecule has 0 aromatic heterocycles. The van der Waals surface area contributed by atoms with Crippen LogP contribution in [0.3, 0.4) is 0 Å². The third kappa shape index (κ3) is 13.5. The Kier molecular flexibility index (Phi) is 14.2. The highest BCUT2D eigenvalue weighted by atomic mass is 19.2. The molecule has 0 amide bonds.